The van der Waals surface area contributed by atoms with Gasteiger partial charge in [0, 0.05) is 12.6 Å². The van der Waals surface area contributed by atoms with Crippen molar-refractivity contribution in [2.75, 3.05) is 13.1 Å². The summed E-state index contributed by atoms with van der Waals surface area (Å²) in [7, 11) is 0. The predicted molar refractivity (Wildman–Crippen MR) is 49.6 cm³/mol. The smallest absolute Gasteiger partial charge is 0.0914 e. The first-order valence-corrected chi connectivity index (χ1v) is 4.87. The van der Waals surface area contributed by atoms with E-state index >= 15 is 0 Å². The molecule has 3 nitrogen and oxygen atoms in total. The molecule has 2 N–H and O–H groups in total. The highest BCUT2D eigenvalue weighted by Gasteiger charge is 2.22. The molecular formula is C9H20N2O. The molecule has 1 rings (SSSR count). The molecule has 1 fully saturated rings. The largest absolute Gasteiger partial charge is 0.300 e. The second-order valence-electron chi connectivity index (χ2n) is 3.65. The van der Waals surface area contributed by atoms with Crippen molar-refractivity contribution in [3.8, 4) is 0 Å². The molecule has 72 valence electrons. The minimum absolute atomic E-state index is 0.257. The van der Waals surface area contributed by atoms with Crippen LogP contribution in [0.15, 0.2) is 0 Å². The van der Waals surface area contributed by atoms with E-state index in [4.69, 9.17) is 10.7 Å². The Morgan fingerprint density at radius 3 is 3.00 bits per heavy atom. The molecule has 0 aromatic carbocycles. The zero-order valence-electron chi connectivity index (χ0n) is 8.12. The van der Waals surface area contributed by atoms with Gasteiger partial charge in [-0.25, -0.2) is 5.90 Å². The summed E-state index contributed by atoms with van der Waals surface area (Å²) in [6.07, 6.45) is 3.79. The van der Waals surface area contributed by atoms with Gasteiger partial charge in [0.15, 0.2) is 0 Å². The summed E-state index contributed by atoms with van der Waals surface area (Å²) in [5, 5.41) is 0. The van der Waals surface area contributed by atoms with Crippen molar-refractivity contribution >= 4 is 0 Å². The van der Waals surface area contributed by atoms with Crippen LogP contribution < -0.4 is 5.90 Å². The van der Waals surface area contributed by atoms with Crippen LogP contribution in [0.1, 0.15) is 33.1 Å². The van der Waals surface area contributed by atoms with Crippen LogP contribution in [-0.2, 0) is 4.84 Å². The lowest BCUT2D eigenvalue weighted by Crippen LogP contribution is -2.44. The van der Waals surface area contributed by atoms with Crippen molar-refractivity contribution in [3.63, 3.8) is 0 Å². The minimum atomic E-state index is 0.257. The lowest BCUT2D eigenvalue weighted by atomic mass is 10.1. The van der Waals surface area contributed by atoms with E-state index in [0.29, 0.717) is 6.04 Å². The molecule has 1 aliphatic heterocycles. The second-order valence-corrected chi connectivity index (χ2v) is 3.65. The van der Waals surface area contributed by atoms with Gasteiger partial charge < -0.3 is 0 Å². The van der Waals surface area contributed by atoms with E-state index in [1.807, 2.05) is 0 Å². The fourth-order valence-corrected chi connectivity index (χ4v) is 1.74. The number of hydrogen-bond donors (Lipinski definition) is 1. The van der Waals surface area contributed by atoms with Crippen molar-refractivity contribution in [2.24, 2.45) is 5.90 Å². The molecule has 0 spiro atoms. The van der Waals surface area contributed by atoms with Gasteiger partial charge in [-0.15, -0.1) is 0 Å². The third-order valence-electron chi connectivity index (χ3n) is 2.82. The average Bonchev–Trinajstić information content (AvgIpc) is 2.17. The van der Waals surface area contributed by atoms with E-state index in [2.05, 4.69) is 18.7 Å². The molecule has 0 radical (unpaired) electrons. The maximum Gasteiger partial charge on any atom is 0.0914 e. The SMILES string of the molecule is CCC(C)N1CCCC(ON)C1. The molecule has 2 unspecified atom stereocenters. The van der Waals surface area contributed by atoms with Crippen LogP contribution in [0.25, 0.3) is 0 Å². The van der Waals surface area contributed by atoms with Gasteiger partial charge in [0.25, 0.3) is 0 Å². The Morgan fingerprint density at radius 2 is 2.42 bits per heavy atom. The van der Waals surface area contributed by atoms with Gasteiger partial charge >= 0.3 is 0 Å². The summed E-state index contributed by atoms with van der Waals surface area (Å²) >= 11 is 0. The van der Waals surface area contributed by atoms with Crippen molar-refractivity contribution in [1.82, 2.24) is 4.90 Å². The molecule has 3 heteroatoms. The van der Waals surface area contributed by atoms with Crippen LogP contribution >= 0.6 is 0 Å². The van der Waals surface area contributed by atoms with E-state index in [1.54, 1.807) is 0 Å². The monoisotopic (exact) mass is 172 g/mol. The zero-order chi connectivity index (χ0) is 8.97. The highest BCUT2D eigenvalue weighted by molar-refractivity contribution is 4.76. The van der Waals surface area contributed by atoms with Gasteiger partial charge in [-0.2, -0.15) is 0 Å². The van der Waals surface area contributed by atoms with Gasteiger partial charge in [0.2, 0.25) is 0 Å². The number of rotatable bonds is 3. The summed E-state index contributed by atoms with van der Waals surface area (Å²) in [5.74, 6) is 5.18. The van der Waals surface area contributed by atoms with E-state index < -0.39 is 0 Å². The molecular weight excluding hydrogens is 152 g/mol. The minimum Gasteiger partial charge on any atom is -0.300 e. The normalized spacial score (nSPS) is 28.8. The quantitative estimate of drug-likeness (QED) is 0.649. The molecule has 0 amide bonds. The number of hydrogen-bond acceptors (Lipinski definition) is 3. The summed E-state index contributed by atoms with van der Waals surface area (Å²) < 4.78 is 0. The molecule has 1 heterocycles. The zero-order valence-corrected chi connectivity index (χ0v) is 8.12. The highest BCUT2D eigenvalue weighted by atomic mass is 16.6. The maximum absolute atomic E-state index is 5.18. The predicted octanol–water partition coefficient (Wildman–Crippen LogP) is 1.14. The molecule has 0 aromatic rings. The van der Waals surface area contributed by atoms with Gasteiger partial charge in [-0.05, 0) is 32.7 Å². The topological polar surface area (TPSA) is 38.5 Å². The molecule has 0 aliphatic carbocycles. The Balaban J connectivity index is 2.34. The van der Waals surface area contributed by atoms with E-state index in [0.717, 1.165) is 13.0 Å². The summed E-state index contributed by atoms with van der Waals surface area (Å²) in [6, 6.07) is 0.669. The Kier molecular flexibility index (Phi) is 3.98. The Morgan fingerprint density at radius 1 is 1.67 bits per heavy atom. The van der Waals surface area contributed by atoms with Crippen molar-refractivity contribution in [2.45, 2.75) is 45.3 Å². The van der Waals surface area contributed by atoms with Crippen LogP contribution in [-0.4, -0.2) is 30.1 Å². The first-order chi connectivity index (χ1) is 5.77. The number of nitrogens with two attached hydrogens (primary N) is 1. The second kappa shape index (κ2) is 4.80. The van der Waals surface area contributed by atoms with Gasteiger partial charge in [-0.3, -0.25) is 9.74 Å². The average molecular weight is 172 g/mol. The third kappa shape index (κ3) is 2.44. The van der Waals surface area contributed by atoms with E-state index in [9.17, 15) is 0 Å². The molecule has 0 aromatic heterocycles. The van der Waals surface area contributed by atoms with Gasteiger partial charge in [0.05, 0.1) is 6.10 Å². The molecule has 12 heavy (non-hydrogen) atoms. The van der Waals surface area contributed by atoms with Crippen LogP contribution in [0.2, 0.25) is 0 Å². The fraction of sp³-hybridized carbons (Fsp3) is 1.00. The first-order valence-electron chi connectivity index (χ1n) is 4.87. The molecule has 2 atom stereocenters. The number of nitrogens with zero attached hydrogens (tertiary/aromatic N) is 1. The summed E-state index contributed by atoms with van der Waals surface area (Å²) in [6.45, 7) is 6.69. The van der Waals surface area contributed by atoms with Crippen LogP contribution in [0, 0.1) is 0 Å². The molecule has 0 saturated carbocycles. The summed E-state index contributed by atoms with van der Waals surface area (Å²) in [5.41, 5.74) is 0. The summed E-state index contributed by atoms with van der Waals surface area (Å²) in [4.78, 5) is 7.33. The van der Waals surface area contributed by atoms with Gasteiger partial charge in [-0.1, -0.05) is 6.92 Å². The lowest BCUT2D eigenvalue weighted by Gasteiger charge is -2.35. The Bertz CT molecular complexity index is 128. The van der Waals surface area contributed by atoms with Crippen LogP contribution in [0.4, 0.5) is 0 Å². The van der Waals surface area contributed by atoms with Gasteiger partial charge in [0.1, 0.15) is 0 Å². The third-order valence-corrected chi connectivity index (χ3v) is 2.82. The Hall–Kier alpha value is -0.120. The molecule has 1 aliphatic rings. The van der Waals surface area contributed by atoms with E-state index in [1.165, 1.54) is 19.4 Å². The van der Waals surface area contributed by atoms with E-state index in [-0.39, 0.29) is 6.10 Å². The van der Waals surface area contributed by atoms with Crippen molar-refractivity contribution in [3.05, 3.63) is 0 Å². The van der Waals surface area contributed by atoms with Crippen molar-refractivity contribution < 1.29 is 4.84 Å². The molecule has 1 saturated heterocycles. The number of likely N-dealkylation sites (tertiary alicyclic amines) is 1. The Labute approximate surface area is 74.8 Å². The highest BCUT2D eigenvalue weighted by Crippen LogP contribution is 2.15. The standard InChI is InChI=1S/C9H20N2O/c1-3-8(2)11-6-4-5-9(7-11)12-10/h8-9H,3-7,10H2,1-2H3. The lowest BCUT2D eigenvalue weighted by molar-refractivity contribution is -0.0122. The van der Waals surface area contributed by atoms with Crippen LogP contribution in [0.5, 0.6) is 0 Å². The molecule has 0 bridgehead atoms. The maximum atomic E-state index is 5.18. The number of piperidine rings is 1. The van der Waals surface area contributed by atoms with Crippen LogP contribution in [0.3, 0.4) is 0 Å². The van der Waals surface area contributed by atoms with Crippen molar-refractivity contribution in [1.29, 1.82) is 0 Å². The first kappa shape index (κ1) is 9.96. The fourth-order valence-electron chi connectivity index (χ4n) is 1.74.